The second-order valence-corrected chi connectivity index (χ2v) is 4.85. The molecule has 1 saturated carbocycles. The van der Waals surface area contributed by atoms with E-state index in [2.05, 4.69) is 0 Å². The van der Waals surface area contributed by atoms with Crippen LogP contribution in [0.5, 0.6) is 0 Å². The largest absolute Gasteiger partial charge is 0.379 e. The zero-order valence-electron chi connectivity index (χ0n) is 10.9. The molecule has 102 valence electrons. The first-order chi connectivity index (χ1) is 7.59. The van der Waals surface area contributed by atoms with Crippen molar-refractivity contribution >= 4 is 18.3 Å². The Morgan fingerprint density at radius 3 is 2.71 bits per heavy atom. The molecule has 4 nitrogen and oxygen atoms in total. The number of nitrogens with zero attached hydrogens (tertiary/aromatic N) is 1. The Bertz CT molecular complexity index is 221. The van der Waals surface area contributed by atoms with Gasteiger partial charge in [-0.2, -0.15) is 0 Å². The van der Waals surface area contributed by atoms with Crippen molar-refractivity contribution in [2.75, 3.05) is 26.8 Å². The van der Waals surface area contributed by atoms with Crippen LogP contribution in [-0.4, -0.2) is 43.7 Å². The van der Waals surface area contributed by atoms with Crippen LogP contribution in [0.3, 0.4) is 0 Å². The number of hydrogen-bond acceptors (Lipinski definition) is 3. The van der Waals surface area contributed by atoms with Gasteiger partial charge in [0.05, 0.1) is 6.61 Å². The molecule has 0 heterocycles. The van der Waals surface area contributed by atoms with Gasteiger partial charge in [0.15, 0.2) is 0 Å². The molecule has 0 aliphatic heterocycles. The molecular weight excluding hydrogens is 240 g/mol. The van der Waals surface area contributed by atoms with Gasteiger partial charge >= 0.3 is 0 Å². The average Bonchev–Trinajstić information content (AvgIpc) is 3.04. The topological polar surface area (TPSA) is 55.6 Å². The highest BCUT2D eigenvalue weighted by molar-refractivity contribution is 5.85. The number of nitrogens with two attached hydrogens (primary N) is 1. The maximum absolute atomic E-state index is 11.6. The van der Waals surface area contributed by atoms with E-state index < -0.39 is 0 Å². The standard InChI is InChI=1S/C12H24N2O2.ClH/c1-10(13)3-6-12(15)14(2)7-8-16-9-11-4-5-11;/h10-11H,3-9,13H2,1-2H3;1H. The van der Waals surface area contributed by atoms with Crippen LogP contribution in [0.4, 0.5) is 0 Å². The summed E-state index contributed by atoms with van der Waals surface area (Å²) >= 11 is 0. The number of hydrogen-bond donors (Lipinski definition) is 1. The third-order valence-electron chi connectivity index (χ3n) is 2.86. The molecule has 0 aromatic rings. The summed E-state index contributed by atoms with van der Waals surface area (Å²) < 4.78 is 5.49. The van der Waals surface area contributed by atoms with Crippen LogP contribution in [0.25, 0.3) is 0 Å². The number of amides is 1. The van der Waals surface area contributed by atoms with Crippen molar-refractivity contribution in [3.8, 4) is 0 Å². The Hall–Kier alpha value is -0.320. The molecule has 1 rings (SSSR count). The highest BCUT2D eigenvalue weighted by atomic mass is 35.5. The maximum Gasteiger partial charge on any atom is 0.222 e. The number of halogens is 1. The summed E-state index contributed by atoms with van der Waals surface area (Å²) in [6.07, 6.45) is 3.91. The van der Waals surface area contributed by atoms with Crippen LogP contribution in [0, 0.1) is 5.92 Å². The van der Waals surface area contributed by atoms with E-state index in [0.29, 0.717) is 19.6 Å². The molecule has 0 spiro atoms. The highest BCUT2D eigenvalue weighted by Gasteiger charge is 2.21. The third-order valence-corrected chi connectivity index (χ3v) is 2.86. The van der Waals surface area contributed by atoms with Crippen molar-refractivity contribution in [3.63, 3.8) is 0 Å². The zero-order valence-corrected chi connectivity index (χ0v) is 11.7. The number of ether oxygens (including phenoxy) is 1. The van der Waals surface area contributed by atoms with Gasteiger partial charge in [-0.05, 0) is 32.1 Å². The van der Waals surface area contributed by atoms with Crippen molar-refractivity contribution in [1.29, 1.82) is 0 Å². The van der Waals surface area contributed by atoms with E-state index in [-0.39, 0.29) is 24.4 Å². The minimum absolute atomic E-state index is 0. The molecule has 0 aromatic carbocycles. The van der Waals surface area contributed by atoms with Crippen LogP contribution in [0.1, 0.15) is 32.6 Å². The Morgan fingerprint density at radius 2 is 2.18 bits per heavy atom. The Kier molecular flexibility index (Phi) is 8.56. The molecule has 1 unspecified atom stereocenters. The second-order valence-electron chi connectivity index (χ2n) is 4.85. The zero-order chi connectivity index (χ0) is 12.0. The number of likely N-dealkylation sites (N-methyl/N-ethyl adjacent to an activating group) is 1. The molecule has 1 aliphatic carbocycles. The fraction of sp³-hybridized carbons (Fsp3) is 0.917. The second kappa shape index (κ2) is 8.72. The summed E-state index contributed by atoms with van der Waals surface area (Å²) in [4.78, 5) is 13.3. The van der Waals surface area contributed by atoms with Crippen LogP contribution >= 0.6 is 12.4 Å². The van der Waals surface area contributed by atoms with E-state index in [4.69, 9.17) is 10.5 Å². The lowest BCUT2D eigenvalue weighted by molar-refractivity contribution is -0.130. The van der Waals surface area contributed by atoms with E-state index in [1.165, 1.54) is 12.8 Å². The van der Waals surface area contributed by atoms with Crippen molar-refractivity contribution in [2.24, 2.45) is 11.7 Å². The van der Waals surface area contributed by atoms with Gasteiger partial charge in [0.2, 0.25) is 5.91 Å². The lowest BCUT2D eigenvalue weighted by Gasteiger charge is -2.17. The van der Waals surface area contributed by atoms with E-state index in [9.17, 15) is 4.79 Å². The van der Waals surface area contributed by atoms with Gasteiger partial charge in [0, 0.05) is 32.7 Å². The van der Waals surface area contributed by atoms with E-state index >= 15 is 0 Å². The van der Waals surface area contributed by atoms with Crippen LogP contribution in [-0.2, 0) is 9.53 Å². The van der Waals surface area contributed by atoms with Gasteiger partial charge in [-0.25, -0.2) is 0 Å². The third kappa shape index (κ3) is 8.41. The quantitative estimate of drug-likeness (QED) is 0.675. The van der Waals surface area contributed by atoms with Crippen molar-refractivity contribution in [3.05, 3.63) is 0 Å². The van der Waals surface area contributed by atoms with E-state index in [1.54, 1.807) is 4.90 Å². The fourth-order valence-electron chi connectivity index (χ4n) is 1.40. The van der Waals surface area contributed by atoms with Crippen LogP contribution in [0.15, 0.2) is 0 Å². The average molecular weight is 265 g/mol. The smallest absolute Gasteiger partial charge is 0.222 e. The summed E-state index contributed by atoms with van der Waals surface area (Å²) in [5.74, 6) is 0.950. The lowest BCUT2D eigenvalue weighted by atomic mass is 10.2. The Morgan fingerprint density at radius 1 is 1.53 bits per heavy atom. The Balaban J connectivity index is 0.00000256. The molecule has 1 atom stereocenters. The maximum atomic E-state index is 11.6. The van der Waals surface area contributed by atoms with Gasteiger partial charge in [0.1, 0.15) is 0 Å². The van der Waals surface area contributed by atoms with Crippen LogP contribution < -0.4 is 5.73 Å². The van der Waals surface area contributed by atoms with Gasteiger partial charge in [-0.1, -0.05) is 0 Å². The van der Waals surface area contributed by atoms with Crippen molar-refractivity contribution in [2.45, 2.75) is 38.6 Å². The van der Waals surface area contributed by atoms with E-state index in [0.717, 1.165) is 18.9 Å². The molecular formula is C12H25ClN2O2. The molecule has 1 aliphatic rings. The predicted molar refractivity (Wildman–Crippen MR) is 71.3 cm³/mol. The van der Waals surface area contributed by atoms with Gasteiger partial charge in [-0.3, -0.25) is 4.79 Å². The van der Waals surface area contributed by atoms with Crippen molar-refractivity contribution < 1.29 is 9.53 Å². The normalized spacial score (nSPS) is 16.2. The minimum atomic E-state index is 0. The van der Waals surface area contributed by atoms with Gasteiger partial charge in [0.25, 0.3) is 0 Å². The van der Waals surface area contributed by atoms with Crippen LogP contribution in [0.2, 0.25) is 0 Å². The SMILES string of the molecule is CC(N)CCC(=O)N(C)CCOCC1CC1.Cl. The first-order valence-electron chi connectivity index (χ1n) is 6.17. The lowest BCUT2D eigenvalue weighted by Crippen LogP contribution is -2.31. The summed E-state index contributed by atoms with van der Waals surface area (Å²) in [5, 5.41) is 0. The monoisotopic (exact) mass is 264 g/mol. The predicted octanol–water partition coefficient (Wildman–Crippen LogP) is 1.42. The summed E-state index contributed by atoms with van der Waals surface area (Å²) in [6.45, 7) is 4.12. The highest BCUT2D eigenvalue weighted by Crippen LogP contribution is 2.28. The van der Waals surface area contributed by atoms with Gasteiger partial charge < -0.3 is 15.4 Å². The van der Waals surface area contributed by atoms with Gasteiger partial charge in [-0.15, -0.1) is 12.4 Å². The first kappa shape index (κ1) is 16.7. The molecule has 2 N–H and O–H groups in total. The number of carbonyl (C=O) groups is 1. The Labute approximate surface area is 110 Å². The summed E-state index contributed by atoms with van der Waals surface area (Å²) in [5.41, 5.74) is 5.61. The molecule has 0 saturated heterocycles. The molecule has 0 bridgehead atoms. The molecule has 1 amide bonds. The van der Waals surface area contributed by atoms with Crippen molar-refractivity contribution in [1.82, 2.24) is 4.90 Å². The molecule has 1 fully saturated rings. The molecule has 5 heteroatoms. The fourth-order valence-corrected chi connectivity index (χ4v) is 1.40. The first-order valence-corrected chi connectivity index (χ1v) is 6.17. The summed E-state index contributed by atoms with van der Waals surface area (Å²) in [6, 6.07) is 0.100. The molecule has 17 heavy (non-hydrogen) atoms. The number of rotatable bonds is 8. The molecule has 0 radical (unpaired) electrons. The minimum Gasteiger partial charge on any atom is -0.379 e. The van der Waals surface area contributed by atoms with E-state index in [1.807, 2.05) is 14.0 Å². The summed E-state index contributed by atoms with van der Waals surface area (Å²) in [7, 11) is 1.82. The molecule has 0 aromatic heterocycles. The number of carbonyl (C=O) groups excluding carboxylic acids is 1.